The minimum absolute atomic E-state index is 0.155. The van der Waals surface area contributed by atoms with Crippen molar-refractivity contribution >= 4 is 22.9 Å². The Morgan fingerprint density at radius 1 is 1.44 bits per heavy atom. The second kappa shape index (κ2) is 7.74. The van der Waals surface area contributed by atoms with Crippen molar-refractivity contribution < 1.29 is 14.3 Å². The molecule has 7 nitrogen and oxygen atoms in total. The van der Waals surface area contributed by atoms with E-state index in [1.807, 2.05) is 6.92 Å². The number of esters is 1. The monoisotopic (exact) mass is 343 g/mol. The van der Waals surface area contributed by atoms with Crippen LogP contribution in [0.25, 0.3) is 11.0 Å². The molecule has 2 rings (SSSR count). The number of carbonyl (C=O) groups is 2. The summed E-state index contributed by atoms with van der Waals surface area (Å²) >= 11 is 0. The average Bonchev–Trinajstić information content (AvgIpc) is 2.60. The van der Waals surface area contributed by atoms with Gasteiger partial charge in [-0.15, -0.1) is 6.58 Å². The molecule has 1 aromatic carbocycles. The van der Waals surface area contributed by atoms with Crippen LogP contribution in [0.4, 0.5) is 0 Å². The molecule has 25 heavy (non-hydrogen) atoms. The molecule has 0 saturated heterocycles. The Balaban J connectivity index is 2.28. The second-order valence-electron chi connectivity index (χ2n) is 5.53. The van der Waals surface area contributed by atoms with Gasteiger partial charge in [-0.2, -0.15) is 0 Å². The summed E-state index contributed by atoms with van der Waals surface area (Å²) in [5.74, 6) is -1.03. The molecule has 0 aliphatic carbocycles. The van der Waals surface area contributed by atoms with Crippen LogP contribution in [0.3, 0.4) is 0 Å². The van der Waals surface area contributed by atoms with E-state index in [1.54, 1.807) is 29.7 Å². The number of nitrogens with one attached hydrogen (secondary N) is 1. The van der Waals surface area contributed by atoms with Crippen molar-refractivity contribution in [3.8, 4) is 0 Å². The zero-order valence-corrected chi connectivity index (χ0v) is 14.5. The van der Waals surface area contributed by atoms with Gasteiger partial charge in [0.2, 0.25) is 0 Å². The summed E-state index contributed by atoms with van der Waals surface area (Å²) in [6.45, 7) is 9.30. The number of ether oxygens (including phenoxy) is 1. The third kappa shape index (κ3) is 3.93. The molecule has 0 spiro atoms. The van der Waals surface area contributed by atoms with Crippen molar-refractivity contribution in [3.05, 3.63) is 52.5 Å². The first-order valence-corrected chi connectivity index (χ1v) is 7.99. The van der Waals surface area contributed by atoms with Gasteiger partial charge in [0.25, 0.3) is 11.5 Å². The van der Waals surface area contributed by atoms with Gasteiger partial charge in [0.1, 0.15) is 5.69 Å². The highest BCUT2D eigenvalue weighted by Gasteiger charge is 2.19. The van der Waals surface area contributed by atoms with Crippen molar-refractivity contribution in [2.45, 2.75) is 33.4 Å². The van der Waals surface area contributed by atoms with Gasteiger partial charge >= 0.3 is 5.97 Å². The lowest BCUT2D eigenvalue weighted by molar-refractivity contribution is -0.128. The van der Waals surface area contributed by atoms with E-state index in [4.69, 9.17) is 4.74 Å². The fraction of sp³-hybridized carbons (Fsp3) is 0.333. The van der Waals surface area contributed by atoms with E-state index < -0.39 is 18.0 Å². The van der Waals surface area contributed by atoms with Crippen LogP contribution >= 0.6 is 0 Å². The van der Waals surface area contributed by atoms with Crippen molar-refractivity contribution in [2.24, 2.45) is 0 Å². The molecule has 0 aliphatic rings. The summed E-state index contributed by atoms with van der Waals surface area (Å²) < 4.78 is 6.77. The average molecular weight is 343 g/mol. The summed E-state index contributed by atoms with van der Waals surface area (Å²) in [5.41, 5.74) is 1.64. The quantitative estimate of drug-likeness (QED) is 0.635. The van der Waals surface area contributed by atoms with Crippen LogP contribution in [-0.4, -0.2) is 34.1 Å². The van der Waals surface area contributed by atoms with Crippen LogP contribution in [-0.2, 0) is 16.1 Å². The first kappa shape index (κ1) is 18.4. The zero-order chi connectivity index (χ0) is 18.6. The Morgan fingerprint density at radius 2 is 2.16 bits per heavy atom. The van der Waals surface area contributed by atoms with E-state index in [0.29, 0.717) is 29.8 Å². The van der Waals surface area contributed by atoms with E-state index in [-0.39, 0.29) is 11.1 Å². The highest BCUT2D eigenvalue weighted by atomic mass is 16.5. The van der Waals surface area contributed by atoms with Gasteiger partial charge in [-0.25, -0.2) is 9.78 Å². The maximum atomic E-state index is 12.3. The van der Waals surface area contributed by atoms with Gasteiger partial charge in [0.15, 0.2) is 6.10 Å². The van der Waals surface area contributed by atoms with Crippen LogP contribution < -0.4 is 10.9 Å². The van der Waals surface area contributed by atoms with Crippen molar-refractivity contribution in [3.63, 3.8) is 0 Å². The predicted molar refractivity (Wildman–Crippen MR) is 94.5 cm³/mol. The lowest BCUT2D eigenvalue weighted by Crippen LogP contribution is -2.35. The largest absolute Gasteiger partial charge is 0.449 e. The van der Waals surface area contributed by atoms with Crippen LogP contribution in [0, 0.1) is 6.92 Å². The number of amides is 1. The predicted octanol–water partition coefficient (Wildman–Crippen LogP) is 1.57. The minimum Gasteiger partial charge on any atom is -0.449 e. The van der Waals surface area contributed by atoms with Gasteiger partial charge in [-0.3, -0.25) is 9.59 Å². The molecule has 0 fully saturated rings. The third-order valence-corrected chi connectivity index (χ3v) is 3.73. The first-order chi connectivity index (χ1) is 11.9. The molecule has 1 N–H and O–H groups in total. The molecule has 0 unspecified atom stereocenters. The maximum Gasteiger partial charge on any atom is 0.338 e. The summed E-state index contributed by atoms with van der Waals surface area (Å²) in [6, 6.07) is 4.78. The molecule has 0 radical (unpaired) electrons. The van der Waals surface area contributed by atoms with Gasteiger partial charge in [-0.1, -0.05) is 6.08 Å². The number of nitrogens with zero attached hydrogens (tertiary/aromatic N) is 2. The lowest BCUT2D eigenvalue weighted by atomic mass is 10.2. The molecule has 1 atom stereocenters. The van der Waals surface area contributed by atoms with Crippen molar-refractivity contribution in [1.82, 2.24) is 14.9 Å². The second-order valence-corrected chi connectivity index (χ2v) is 5.53. The molecule has 0 bridgehead atoms. The van der Waals surface area contributed by atoms with Gasteiger partial charge in [0.05, 0.1) is 16.6 Å². The lowest BCUT2D eigenvalue weighted by Gasteiger charge is -2.13. The number of benzene rings is 1. The topological polar surface area (TPSA) is 90.3 Å². The normalized spacial score (nSPS) is 11.8. The smallest absolute Gasteiger partial charge is 0.338 e. The fourth-order valence-electron chi connectivity index (χ4n) is 2.41. The molecule has 7 heteroatoms. The molecule has 1 aromatic heterocycles. The minimum atomic E-state index is -0.928. The molecule has 2 aromatic rings. The number of rotatable bonds is 6. The van der Waals surface area contributed by atoms with Gasteiger partial charge in [-0.05, 0) is 39.0 Å². The molecular weight excluding hydrogens is 322 g/mol. The number of fused-ring (bicyclic) bond motifs is 1. The summed E-state index contributed by atoms with van der Waals surface area (Å²) in [7, 11) is 0. The highest BCUT2D eigenvalue weighted by molar-refractivity contribution is 5.95. The maximum absolute atomic E-state index is 12.3. The highest BCUT2D eigenvalue weighted by Crippen LogP contribution is 2.15. The number of aromatic nitrogens is 2. The van der Waals surface area contributed by atoms with E-state index in [2.05, 4.69) is 16.9 Å². The van der Waals surface area contributed by atoms with E-state index in [9.17, 15) is 14.4 Å². The fourth-order valence-corrected chi connectivity index (χ4v) is 2.41. The number of aryl methyl sites for hydroxylation is 2. The standard InChI is InChI=1S/C18H21N3O4/c1-5-9-19-16(22)12(4)25-18(24)13-7-8-15-14(10-13)20-11(3)17(23)21(15)6-2/h5,7-8,10,12H,1,6,9H2,2-4H3,(H,19,22)/t12-/m0/s1. The molecule has 0 aliphatic heterocycles. The van der Waals surface area contributed by atoms with Gasteiger partial charge in [0, 0.05) is 13.1 Å². The first-order valence-electron chi connectivity index (χ1n) is 7.99. The molecular formula is C18H21N3O4. The Labute approximate surface area is 145 Å². The van der Waals surface area contributed by atoms with Crippen LogP contribution in [0.1, 0.15) is 29.9 Å². The number of hydrogen-bond donors (Lipinski definition) is 1. The molecule has 1 amide bonds. The van der Waals surface area contributed by atoms with Gasteiger partial charge < -0.3 is 14.6 Å². The van der Waals surface area contributed by atoms with Crippen LogP contribution in [0.15, 0.2) is 35.6 Å². The zero-order valence-electron chi connectivity index (χ0n) is 14.5. The molecule has 1 heterocycles. The Kier molecular flexibility index (Phi) is 5.69. The molecule has 0 saturated carbocycles. The van der Waals surface area contributed by atoms with Crippen molar-refractivity contribution in [1.29, 1.82) is 0 Å². The summed E-state index contributed by atoms with van der Waals surface area (Å²) in [6.07, 6.45) is 0.610. The van der Waals surface area contributed by atoms with E-state index in [0.717, 1.165) is 0 Å². The van der Waals surface area contributed by atoms with Crippen LogP contribution in [0.2, 0.25) is 0 Å². The Bertz CT molecular complexity index is 886. The molecule has 132 valence electrons. The summed E-state index contributed by atoms with van der Waals surface area (Å²) in [5, 5.41) is 2.56. The van der Waals surface area contributed by atoms with Crippen LogP contribution in [0.5, 0.6) is 0 Å². The van der Waals surface area contributed by atoms with E-state index >= 15 is 0 Å². The van der Waals surface area contributed by atoms with E-state index in [1.165, 1.54) is 13.0 Å². The van der Waals surface area contributed by atoms with Crippen molar-refractivity contribution in [2.75, 3.05) is 6.54 Å². The number of carbonyl (C=O) groups excluding carboxylic acids is 2. The third-order valence-electron chi connectivity index (χ3n) is 3.73. The number of hydrogen-bond acceptors (Lipinski definition) is 5. The Morgan fingerprint density at radius 3 is 2.80 bits per heavy atom. The Hall–Kier alpha value is -2.96. The summed E-state index contributed by atoms with van der Waals surface area (Å²) in [4.78, 5) is 40.4. The SMILES string of the molecule is C=CCNC(=O)[C@H](C)OC(=O)c1ccc2c(c1)nc(C)c(=O)n2CC.